The van der Waals surface area contributed by atoms with Crippen LogP contribution in [0.1, 0.15) is 226 Å². The van der Waals surface area contributed by atoms with Crippen LogP contribution < -0.4 is 15.5 Å². The molecule has 0 fully saturated rings. The number of aliphatic carboxylic acids is 3. The second kappa shape index (κ2) is 53.9. The van der Waals surface area contributed by atoms with Crippen molar-refractivity contribution in [1.29, 1.82) is 0 Å². The molecule has 2 atom stereocenters. The van der Waals surface area contributed by atoms with Gasteiger partial charge >= 0.3 is 40.4 Å². The number of carbonyl (C=O) groups excluding carboxylic acids is 6. The summed E-state index contributed by atoms with van der Waals surface area (Å²) in [7, 11) is 0. The van der Waals surface area contributed by atoms with Gasteiger partial charge in [0.2, 0.25) is 5.91 Å². The molecule has 0 saturated carbocycles. The van der Waals surface area contributed by atoms with Gasteiger partial charge in [0, 0.05) is 32.4 Å². The van der Waals surface area contributed by atoms with Crippen molar-refractivity contribution in [2.75, 3.05) is 32.8 Å². The summed E-state index contributed by atoms with van der Waals surface area (Å²) in [6.07, 6.45) is 38.0. The van der Waals surface area contributed by atoms with Crippen LogP contribution in [0.3, 0.4) is 0 Å². The summed E-state index contributed by atoms with van der Waals surface area (Å²) in [5.41, 5.74) is 0. The minimum Gasteiger partial charge on any atom is -0.549 e. The Morgan fingerprint density at radius 1 is 0.521 bits per heavy atom. The van der Waals surface area contributed by atoms with Crippen LogP contribution in [0.2, 0.25) is 0 Å². The second-order valence-electron chi connectivity index (χ2n) is 18.0. The van der Waals surface area contributed by atoms with Crippen molar-refractivity contribution < 1.29 is 90.5 Å². The first-order valence-electron chi connectivity index (χ1n) is 26.3. The summed E-state index contributed by atoms with van der Waals surface area (Å²) >= 11 is 0. The van der Waals surface area contributed by atoms with Gasteiger partial charge < -0.3 is 55.4 Å². The van der Waals surface area contributed by atoms with Gasteiger partial charge in [0.05, 0.1) is 30.9 Å². The number of rotatable bonds is 49. The number of nitrogens with one attached hydrogen (secondary N) is 1. The molecule has 2 unspecified atom stereocenters. The van der Waals surface area contributed by atoms with Gasteiger partial charge in [0.25, 0.3) is 0 Å². The van der Waals surface area contributed by atoms with Crippen molar-refractivity contribution in [2.45, 2.75) is 238 Å². The van der Waals surface area contributed by atoms with Gasteiger partial charge in [-0.15, -0.1) is 0 Å². The van der Waals surface area contributed by atoms with E-state index in [1.807, 2.05) is 0 Å². The van der Waals surface area contributed by atoms with Crippen LogP contribution in [-0.4, -0.2) is 108 Å². The van der Waals surface area contributed by atoms with Gasteiger partial charge in [-0.2, -0.15) is 0 Å². The van der Waals surface area contributed by atoms with Gasteiger partial charge in [0.15, 0.2) is 6.10 Å². The number of esters is 3. The molecule has 0 radical (unpaired) electrons. The molecular weight excluding hydrogens is 963 g/mol. The van der Waals surface area contributed by atoms with Gasteiger partial charge in [-0.3, -0.25) is 28.9 Å². The summed E-state index contributed by atoms with van der Waals surface area (Å²) in [5.74, 6) is -6.77. The van der Waals surface area contributed by atoms with Gasteiger partial charge in [-0.05, 0) is 83.5 Å². The molecule has 0 aliphatic rings. The van der Waals surface area contributed by atoms with Crippen LogP contribution in [0.25, 0.3) is 0 Å². The number of carboxylic acids is 3. The molecule has 17 nitrogen and oxygen atoms in total. The maximum atomic E-state index is 12.8. The maximum absolute atomic E-state index is 12.8. The Hall–Kier alpha value is -3.86. The average Bonchev–Trinajstić information content (AvgIpc) is 3.29. The zero-order valence-corrected chi connectivity index (χ0v) is 44.4. The first kappa shape index (κ1) is 73.7. The van der Waals surface area contributed by atoms with Crippen LogP contribution in [0, 0.1) is 0 Å². The largest absolute Gasteiger partial charge is 2.00 e. The van der Waals surface area contributed by atoms with Gasteiger partial charge in [0.1, 0.15) is 13.2 Å². The molecule has 0 saturated heterocycles. The number of hydrogen-bond donors (Lipinski definition) is 2. The van der Waals surface area contributed by atoms with Crippen LogP contribution in [-0.2, 0) is 64.3 Å². The minimum absolute atomic E-state index is 0. The monoisotopic (exact) mass is 1060 g/mol. The first-order chi connectivity index (χ1) is 32.9. The third-order valence-electron chi connectivity index (χ3n) is 11.6. The molecule has 18 heteroatoms. The molecule has 0 bridgehead atoms. The molecule has 6 N–H and O–H groups in total. The van der Waals surface area contributed by atoms with Crippen LogP contribution >= 0.6 is 0 Å². The number of hydrogen-bond acceptors (Lipinski definition) is 13. The topological polar surface area (TPSA) is 292 Å². The van der Waals surface area contributed by atoms with Crippen molar-refractivity contribution in [3.63, 3.8) is 0 Å². The van der Waals surface area contributed by atoms with E-state index in [0.717, 1.165) is 81.9 Å². The Bertz CT molecular complexity index is 1400. The minimum atomic E-state index is -1.63. The quantitative estimate of drug-likeness (QED) is 0.0210. The summed E-state index contributed by atoms with van der Waals surface area (Å²) in [6, 6.07) is -1.48. The number of ether oxygens (including phenoxy) is 3. The molecule has 71 heavy (non-hydrogen) atoms. The molecule has 0 aromatic carbocycles. The first-order valence-corrected chi connectivity index (χ1v) is 26.3. The van der Waals surface area contributed by atoms with E-state index < -0.39 is 67.0 Å². The van der Waals surface area contributed by atoms with Crippen LogP contribution in [0.4, 0.5) is 0 Å². The Morgan fingerprint density at radius 2 is 0.930 bits per heavy atom. The second-order valence-corrected chi connectivity index (χ2v) is 18.0. The number of amides is 1. The van der Waals surface area contributed by atoms with Crippen molar-refractivity contribution in [1.82, 2.24) is 10.2 Å². The summed E-state index contributed by atoms with van der Waals surface area (Å²) < 4.78 is 16.4. The predicted molar refractivity (Wildman–Crippen MR) is 267 cm³/mol. The molecule has 0 aromatic heterocycles. The molecular formula is C53H94N2NiO15. The van der Waals surface area contributed by atoms with Crippen molar-refractivity contribution >= 4 is 41.7 Å². The Balaban J connectivity index is -0.00000748. The average molecular weight is 1060 g/mol. The van der Waals surface area contributed by atoms with E-state index in [1.165, 1.54) is 77.0 Å². The number of carboxylic acid groups (broad SMARTS) is 3. The van der Waals surface area contributed by atoms with Crippen LogP contribution in [0.5, 0.6) is 0 Å². The summed E-state index contributed by atoms with van der Waals surface area (Å²) in [4.78, 5) is 84.8. The third-order valence-corrected chi connectivity index (χ3v) is 11.6. The fourth-order valence-electron chi connectivity index (χ4n) is 7.62. The standard InChI is InChI=1S/C53H92N2O13.Ni.2H2O/c1-3-5-7-9-11-13-15-17-19-21-23-25-27-29-31-36-50(61)66-43-45(68-52(63)37-32-30-28-26-24-22-20-18-16-14-12-10-8-6-4-2)44-67-51(62)39-38-47(56)54-40-34-33-35-46(53(64)65)55(41-48(57)58)42-49(59)60;;;/h17-20,45-46H,3-16,21-44H2,1-2H3,(H,54,56)(H,57,58)(H,59,60)(H,64,65);;2*1H2/q;+2;;/p-2/b19-17+,20-18+;;;. The van der Waals surface area contributed by atoms with E-state index in [0.29, 0.717) is 12.8 Å². The molecule has 0 aliphatic carbocycles. The Labute approximate surface area is 436 Å². The normalized spacial score (nSPS) is 11.8. The van der Waals surface area contributed by atoms with Crippen molar-refractivity contribution in [2.24, 2.45) is 0 Å². The molecule has 416 valence electrons. The Kier molecular flexibility index (Phi) is 56.0. The molecule has 1 amide bonds. The van der Waals surface area contributed by atoms with E-state index in [1.54, 1.807) is 0 Å². The number of allylic oxidation sites excluding steroid dienone is 4. The SMILES string of the molecule is CCCCCCCC/C=C/CCCCCCCC(=O)OCC(COC(=O)CCC(=O)NCCCCC(C(=O)[O-])N(CC(=O)[O-])CC(=O)O)OC(=O)CCCCCCC/C=C/CCCCCCCC.O.O.[Ni+2]. The molecule has 0 spiro atoms. The number of carbonyl (C=O) groups is 7. The molecule has 0 aliphatic heterocycles. The summed E-state index contributed by atoms with van der Waals surface area (Å²) in [5, 5.41) is 34.2. The van der Waals surface area contributed by atoms with E-state index in [4.69, 9.17) is 19.3 Å². The van der Waals surface area contributed by atoms with Crippen molar-refractivity contribution in [3.8, 4) is 0 Å². The van der Waals surface area contributed by atoms with Gasteiger partial charge in [-0.25, -0.2) is 0 Å². The fourth-order valence-corrected chi connectivity index (χ4v) is 7.62. The Morgan fingerprint density at radius 3 is 1.35 bits per heavy atom. The number of nitrogens with zero attached hydrogens (tertiary/aromatic N) is 1. The van der Waals surface area contributed by atoms with Crippen molar-refractivity contribution in [3.05, 3.63) is 24.3 Å². The zero-order chi connectivity index (χ0) is 50.3. The molecule has 0 rings (SSSR count). The smallest absolute Gasteiger partial charge is 0.549 e. The third kappa shape index (κ3) is 50.9. The van der Waals surface area contributed by atoms with E-state index in [9.17, 15) is 43.8 Å². The number of unbranched alkanes of at least 4 members (excludes halogenated alkanes) is 23. The van der Waals surface area contributed by atoms with E-state index >= 15 is 0 Å². The fraction of sp³-hybridized carbons (Fsp3) is 0.792. The zero-order valence-electron chi connectivity index (χ0n) is 43.4. The maximum Gasteiger partial charge on any atom is 2.00 e. The summed E-state index contributed by atoms with van der Waals surface area (Å²) in [6.45, 7) is 2.23. The molecule has 0 aromatic rings. The van der Waals surface area contributed by atoms with E-state index in [2.05, 4.69) is 43.5 Å². The van der Waals surface area contributed by atoms with Crippen LogP contribution in [0.15, 0.2) is 24.3 Å². The molecule has 0 heterocycles. The van der Waals surface area contributed by atoms with Gasteiger partial charge in [-0.1, -0.05) is 141 Å². The predicted octanol–water partition coefficient (Wildman–Crippen LogP) is 6.73. The van der Waals surface area contributed by atoms with E-state index in [-0.39, 0.29) is 92.1 Å².